The summed E-state index contributed by atoms with van der Waals surface area (Å²) in [7, 11) is -5.13. The molecule has 0 heterocycles. The lowest BCUT2D eigenvalue weighted by atomic mass is 9.85. The predicted octanol–water partition coefficient (Wildman–Crippen LogP) is 8.94. The first-order valence-electron chi connectivity index (χ1n) is 23.1. The first-order chi connectivity index (χ1) is 29.4. The second kappa shape index (κ2) is 37.0. The second-order valence-electron chi connectivity index (χ2n) is 15.9. The van der Waals surface area contributed by atoms with Crippen LogP contribution in [0, 0.1) is 0 Å². The summed E-state index contributed by atoms with van der Waals surface area (Å²) in [5.41, 5.74) is 0. The van der Waals surface area contributed by atoms with Crippen LogP contribution in [0.4, 0.5) is 0 Å². The third-order valence-corrected chi connectivity index (χ3v) is 11.3. The molecule has 13 nitrogen and oxygen atoms in total. The molecular formula is C47H81O13P. The van der Waals surface area contributed by atoms with Crippen LogP contribution in [-0.4, -0.2) is 98.3 Å². The van der Waals surface area contributed by atoms with Crippen LogP contribution < -0.4 is 0 Å². The highest BCUT2D eigenvalue weighted by Crippen LogP contribution is 2.47. The largest absolute Gasteiger partial charge is 0.472 e. The van der Waals surface area contributed by atoms with Gasteiger partial charge < -0.3 is 39.9 Å². The van der Waals surface area contributed by atoms with E-state index in [2.05, 4.69) is 74.6 Å². The van der Waals surface area contributed by atoms with Gasteiger partial charge in [0.05, 0.1) is 6.61 Å². The van der Waals surface area contributed by atoms with Gasteiger partial charge in [0.1, 0.15) is 43.2 Å². The standard InChI is InChI=1S/C47H81O13P/c1-3-5-7-9-11-13-15-17-19-20-22-23-25-27-29-31-33-35-40(48)57-37-39(38-58-61(55,56)60-47-45(53)43(51)42(50)44(52)46(47)54)59-41(49)36-34-32-30-28-26-24-21-18-16-14-12-10-8-6-4-2/h11-14,17-19,21-23,39,42-47,50-54H,3-10,15-16,20,24-38H2,1-2H3,(H,55,56). The molecule has 1 aliphatic rings. The lowest BCUT2D eigenvalue weighted by molar-refractivity contribution is -0.220. The van der Waals surface area contributed by atoms with Gasteiger partial charge in [-0.05, 0) is 83.5 Å². The first-order valence-corrected chi connectivity index (χ1v) is 24.6. The van der Waals surface area contributed by atoms with E-state index in [-0.39, 0.29) is 12.8 Å². The Kier molecular flexibility index (Phi) is 34.3. The number of hydrogen-bond acceptors (Lipinski definition) is 12. The SMILES string of the molecule is CCCCCC=CCC=CCC=CCCCCCCC(=O)OCC(COP(=O)(O)OC1C(O)C(O)C(O)C(O)C1O)OC(=O)CCCCCCCC=CCC=CCCCCC. The van der Waals surface area contributed by atoms with Crippen molar-refractivity contribution in [2.75, 3.05) is 13.2 Å². The molecule has 0 aromatic heterocycles. The summed E-state index contributed by atoms with van der Waals surface area (Å²) >= 11 is 0. The molecule has 1 saturated carbocycles. The summed E-state index contributed by atoms with van der Waals surface area (Å²) in [5, 5.41) is 50.1. The molecule has 1 aliphatic carbocycles. The van der Waals surface area contributed by atoms with Crippen LogP contribution in [0.2, 0.25) is 0 Å². The van der Waals surface area contributed by atoms with Crippen molar-refractivity contribution in [3.63, 3.8) is 0 Å². The van der Waals surface area contributed by atoms with Gasteiger partial charge in [0.15, 0.2) is 6.10 Å². The number of phosphoric ester groups is 1. The van der Waals surface area contributed by atoms with Crippen LogP contribution in [-0.2, 0) is 32.7 Å². The number of carbonyl (C=O) groups excluding carboxylic acids is 2. The molecule has 0 aromatic rings. The van der Waals surface area contributed by atoms with E-state index in [9.17, 15) is 44.6 Å². The highest BCUT2D eigenvalue weighted by Gasteiger charge is 2.51. The second-order valence-corrected chi connectivity index (χ2v) is 17.3. The van der Waals surface area contributed by atoms with Crippen LogP contribution in [0.15, 0.2) is 60.8 Å². The van der Waals surface area contributed by atoms with Gasteiger partial charge in [-0.2, -0.15) is 0 Å². The maximum Gasteiger partial charge on any atom is 0.472 e. The monoisotopic (exact) mass is 885 g/mol. The highest BCUT2D eigenvalue weighted by molar-refractivity contribution is 7.47. The van der Waals surface area contributed by atoms with Crippen LogP contribution in [0.25, 0.3) is 0 Å². The lowest BCUT2D eigenvalue weighted by Gasteiger charge is -2.41. The normalized spacial score (nSPS) is 22.6. The number of allylic oxidation sites excluding steroid dienone is 10. The van der Waals surface area contributed by atoms with Gasteiger partial charge in [-0.1, -0.05) is 132 Å². The van der Waals surface area contributed by atoms with Crippen molar-refractivity contribution in [2.45, 2.75) is 211 Å². The lowest BCUT2D eigenvalue weighted by Crippen LogP contribution is -2.64. The van der Waals surface area contributed by atoms with Gasteiger partial charge in [-0.25, -0.2) is 4.57 Å². The van der Waals surface area contributed by atoms with E-state index in [1.54, 1.807) is 0 Å². The molecule has 0 spiro atoms. The fourth-order valence-corrected chi connectivity index (χ4v) is 7.53. The molecular weight excluding hydrogens is 803 g/mol. The van der Waals surface area contributed by atoms with Gasteiger partial charge in [0, 0.05) is 12.8 Å². The zero-order valence-corrected chi connectivity index (χ0v) is 38.1. The number of ether oxygens (including phenoxy) is 2. The topological polar surface area (TPSA) is 210 Å². The molecule has 6 unspecified atom stereocenters. The zero-order valence-electron chi connectivity index (χ0n) is 37.2. The minimum Gasteiger partial charge on any atom is -0.462 e. The Labute approximate surface area is 366 Å². The van der Waals surface area contributed by atoms with Crippen molar-refractivity contribution in [1.29, 1.82) is 0 Å². The van der Waals surface area contributed by atoms with Gasteiger partial charge in [0.25, 0.3) is 0 Å². The van der Waals surface area contributed by atoms with Gasteiger partial charge in [-0.15, -0.1) is 0 Å². The summed E-state index contributed by atoms with van der Waals surface area (Å²) in [6, 6.07) is 0. The Morgan fingerprint density at radius 1 is 0.508 bits per heavy atom. The minimum atomic E-state index is -5.13. The summed E-state index contributed by atoms with van der Waals surface area (Å²) in [6.45, 7) is 3.20. The van der Waals surface area contributed by atoms with E-state index in [1.165, 1.54) is 38.5 Å². The first kappa shape index (κ1) is 56.6. The summed E-state index contributed by atoms with van der Waals surface area (Å²) in [6.07, 6.45) is 31.2. The molecule has 61 heavy (non-hydrogen) atoms. The molecule has 0 aliphatic heterocycles. The van der Waals surface area contributed by atoms with E-state index in [1.807, 2.05) is 0 Å². The fourth-order valence-electron chi connectivity index (χ4n) is 6.56. The van der Waals surface area contributed by atoms with Crippen molar-refractivity contribution in [1.82, 2.24) is 0 Å². The summed E-state index contributed by atoms with van der Waals surface area (Å²) in [4.78, 5) is 35.7. The molecule has 0 bridgehead atoms. The van der Waals surface area contributed by atoms with Gasteiger partial charge in [-0.3, -0.25) is 18.6 Å². The van der Waals surface area contributed by atoms with Crippen LogP contribution in [0.1, 0.15) is 168 Å². The quantitative estimate of drug-likeness (QED) is 0.0149. The molecule has 352 valence electrons. The third-order valence-electron chi connectivity index (χ3n) is 10.3. The number of unbranched alkanes of at least 4 members (excludes halogenated alkanes) is 15. The van der Waals surface area contributed by atoms with Gasteiger partial charge >= 0.3 is 19.8 Å². The number of esters is 2. The molecule has 0 aromatic carbocycles. The number of phosphoric acid groups is 1. The van der Waals surface area contributed by atoms with E-state index in [4.69, 9.17) is 18.5 Å². The summed E-state index contributed by atoms with van der Waals surface area (Å²) in [5.74, 6) is -1.14. The van der Waals surface area contributed by atoms with Crippen LogP contribution >= 0.6 is 7.82 Å². The molecule has 14 heteroatoms. The number of rotatable bonds is 37. The highest BCUT2D eigenvalue weighted by atomic mass is 31.2. The molecule has 0 radical (unpaired) electrons. The van der Waals surface area contributed by atoms with Crippen molar-refractivity contribution in [3.8, 4) is 0 Å². The van der Waals surface area contributed by atoms with Crippen LogP contribution in [0.3, 0.4) is 0 Å². The van der Waals surface area contributed by atoms with E-state index >= 15 is 0 Å². The van der Waals surface area contributed by atoms with Crippen molar-refractivity contribution in [2.24, 2.45) is 0 Å². The molecule has 6 N–H and O–H groups in total. The maximum absolute atomic E-state index is 12.8. The van der Waals surface area contributed by atoms with E-state index in [0.29, 0.717) is 12.8 Å². The average Bonchev–Trinajstić information content (AvgIpc) is 3.24. The Morgan fingerprint density at radius 2 is 0.885 bits per heavy atom. The number of aliphatic hydroxyl groups excluding tert-OH is 5. The van der Waals surface area contributed by atoms with Crippen molar-refractivity contribution < 1.29 is 63.1 Å². The fraction of sp³-hybridized carbons (Fsp3) is 0.745. The van der Waals surface area contributed by atoms with E-state index < -0.39 is 75.7 Å². The maximum atomic E-state index is 12.8. The number of hydrogen-bond donors (Lipinski definition) is 6. The predicted molar refractivity (Wildman–Crippen MR) is 239 cm³/mol. The molecule has 1 fully saturated rings. The smallest absolute Gasteiger partial charge is 0.462 e. The molecule has 1 rings (SSSR count). The average molecular weight is 885 g/mol. The zero-order chi connectivity index (χ0) is 45.0. The Morgan fingerprint density at radius 3 is 1.34 bits per heavy atom. The minimum absolute atomic E-state index is 0.0729. The number of aliphatic hydroxyl groups is 5. The molecule has 0 amide bonds. The van der Waals surface area contributed by atoms with Gasteiger partial charge in [0.2, 0.25) is 0 Å². The Balaban J connectivity index is 2.49. The Bertz CT molecular complexity index is 1300. The van der Waals surface area contributed by atoms with Crippen LogP contribution in [0.5, 0.6) is 0 Å². The number of carbonyl (C=O) groups is 2. The summed E-state index contributed by atoms with van der Waals surface area (Å²) < 4.78 is 33.5. The third kappa shape index (κ3) is 29.5. The van der Waals surface area contributed by atoms with E-state index in [0.717, 1.165) is 89.9 Å². The van der Waals surface area contributed by atoms with Crippen molar-refractivity contribution >= 4 is 19.8 Å². The Hall–Kier alpha value is -2.45. The van der Waals surface area contributed by atoms with Crippen molar-refractivity contribution in [3.05, 3.63) is 60.8 Å². The molecule has 0 saturated heterocycles. The molecule has 6 atom stereocenters.